The van der Waals surface area contributed by atoms with E-state index in [9.17, 15) is 26.7 Å². The predicted octanol–water partition coefficient (Wildman–Crippen LogP) is 7.78. The minimum Gasteiger partial charge on any atom is -0.480 e. The number of hydrogen-bond acceptors (Lipinski definition) is 8. The molecule has 268 valence electrons. The van der Waals surface area contributed by atoms with Gasteiger partial charge in [0.1, 0.15) is 25.8 Å². The number of sulfonamides is 2. The molecule has 0 atom stereocenters. The van der Waals surface area contributed by atoms with Crippen molar-refractivity contribution in [3.8, 4) is 0 Å². The molecule has 0 amide bonds. The molecule has 0 spiro atoms. The molecule has 49 heavy (non-hydrogen) atoms. The van der Waals surface area contributed by atoms with Crippen LogP contribution >= 0.6 is 66.4 Å². The highest BCUT2D eigenvalue weighted by atomic mass is 79.9. The second kappa shape index (κ2) is 17.0. The Morgan fingerprint density at radius 2 is 1.55 bits per heavy atom. The second-order valence-electron chi connectivity index (χ2n) is 12.5. The number of rotatable bonds is 14. The van der Waals surface area contributed by atoms with Crippen LogP contribution < -0.4 is 4.90 Å². The van der Waals surface area contributed by atoms with Crippen molar-refractivity contribution in [1.82, 2.24) is 13.6 Å². The van der Waals surface area contributed by atoms with Crippen LogP contribution in [-0.2, 0) is 31.3 Å². The largest absolute Gasteiger partial charge is 0.480 e. The zero-order valence-electron chi connectivity index (χ0n) is 26.6. The Bertz CT molecular complexity index is 1810. The van der Waals surface area contributed by atoms with Crippen LogP contribution in [0.1, 0.15) is 50.5 Å². The monoisotopic (exact) mass is 898 g/mol. The van der Waals surface area contributed by atoms with Gasteiger partial charge in [0.25, 0.3) is 10.0 Å². The van der Waals surface area contributed by atoms with E-state index in [0.29, 0.717) is 55.5 Å². The van der Waals surface area contributed by atoms with E-state index in [2.05, 4.69) is 41.7 Å². The molecular weight excluding hydrogens is 863 g/mol. The van der Waals surface area contributed by atoms with Crippen molar-refractivity contribution >= 4 is 98.2 Å². The summed E-state index contributed by atoms with van der Waals surface area (Å²) in [7, 11) is -7.64. The smallest absolute Gasteiger partial charge is 0.318 e. The molecule has 0 saturated carbocycles. The molecule has 0 bridgehead atoms. The number of carboxylic acid groups (broad SMARTS) is 1. The lowest BCUT2D eigenvalue weighted by atomic mass is 9.87. The number of hydrogen-bond donors (Lipinski definition) is 1. The number of aromatic nitrogens is 1. The first-order valence-electron chi connectivity index (χ1n) is 16.1. The Morgan fingerprint density at radius 3 is 2.10 bits per heavy atom. The maximum atomic E-state index is 13.5. The topological polar surface area (TPSA) is 128 Å². The third-order valence-electron chi connectivity index (χ3n) is 9.24. The summed E-state index contributed by atoms with van der Waals surface area (Å²) in [6, 6.07) is 10.1. The molecule has 0 unspecified atom stereocenters. The van der Waals surface area contributed by atoms with Gasteiger partial charge in [0.05, 0.1) is 4.47 Å². The molecule has 3 aromatic rings. The molecule has 2 aliphatic heterocycles. The number of piperidine rings is 2. The number of nitrogens with zero attached hydrogens (tertiary/aromatic N) is 4. The quantitative estimate of drug-likeness (QED) is 0.174. The fraction of sp³-hybridized carbons (Fsp3) is 0.500. The number of carbonyl (C=O) groups is 1. The standard InChI is InChI=1S/C32H38Br2Cl2N4O6S3/c33-27-19-30(47-31(27)36)49(45,46)39-15-10-23(11-16-39)3-1-2-22-8-13-38(14-9-22)32-28(34)18-26(20-37-32)48(43,44)40(21-29(41)42)17-12-24-4-6-25(35)7-5-24/h4-7,18-20,22-23H,1-3,8-17,21H2,(H,41,42). The Balaban J connectivity index is 1.08. The second-order valence-corrected chi connectivity index (χ2v) is 20.4. The molecule has 2 aromatic heterocycles. The summed E-state index contributed by atoms with van der Waals surface area (Å²) >= 11 is 19.9. The number of benzene rings is 1. The third kappa shape index (κ3) is 9.98. The summed E-state index contributed by atoms with van der Waals surface area (Å²) in [6.07, 6.45) is 8.68. The van der Waals surface area contributed by atoms with Gasteiger partial charge in [0, 0.05) is 48.4 Å². The zero-order chi connectivity index (χ0) is 35.3. The molecule has 10 nitrogen and oxygen atoms in total. The van der Waals surface area contributed by atoms with E-state index in [1.54, 1.807) is 34.6 Å². The van der Waals surface area contributed by atoms with Gasteiger partial charge in [-0.3, -0.25) is 4.79 Å². The van der Waals surface area contributed by atoms with Gasteiger partial charge < -0.3 is 10.0 Å². The van der Waals surface area contributed by atoms with Crippen LogP contribution in [-0.4, -0.2) is 80.8 Å². The highest BCUT2D eigenvalue weighted by molar-refractivity contribution is 9.11. The number of halogens is 4. The number of aliphatic carboxylic acids is 1. The van der Waals surface area contributed by atoms with E-state index < -0.39 is 32.6 Å². The van der Waals surface area contributed by atoms with Crippen LogP contribution in [0.25, 0.3) is 0 Å². The highest BCUT2D eigenvalue weighted by Crippen LogP contribution is 2.38. The van der Waals surface area contributed by atoms with Crippen molar-refractivity contribution in [3.63, 3.8) is 0 Å². The third-order valence-corrected chi connectivity index (χ3v) is 16.7. The van der Waals surface area contributed by atoms with Gasteiger partial charge in [0.2, 0.25) is 10.0 Å². The molecule has 0 aliphatic carbocycles. The van der Waals surface area contributed by atoms with Crippen LogP contribution in [0, 0.1) is 11.8 Å². The number of carboxylic acids is 1. The lowest BCUT2D eigenvalue weighted by Gasteiger charge is -2.34. The average Bonchev–Trinajstić information content (AvgIpc) is 3.42. The van der Waals surface area contributed by atoms with E-state index in [0.717, 1.165) is 79.2 Å². The summed E-state index contributed by atoms with van der Waals surface area (Å²) < 4.78 is 57.5. The van der Waals surface area contributed by atoms with Crippen molar-refractivity contribution in [2.45, 2.75) is 60.5 Å². The van der Waals surface area contributed by atoms with E-state index >= 15 is 0 Å². The van der Waals surface area contributed by atoms with Crippen molar-refractivity contribution < 1.29 is 26.7 Å². The molecule has 2 saturated heterocycles. The Hall–Kier alpha value is -1.30. The Kier molecular flexibility index (Phi) is 13.5. The van der Waals surface area contributed by atoms with Crippen molar-refractivity contribution in [3.05, 3.63) is 66.5 Å². The summed E-state index contributed by atoms with van der Waals surface area (Å²) in [6.45, 7) is 1.99. The summed E-state index contributed by atoms with van der Waals surface area (Å²) in [5.41, 5.74) is 0.844. The Labute approximate surface area is 319 Å². The molecule has 2 fully saturated rings. The van der Waals surface area contributed by atoms with Crippen LogP contribution in [0.15, 0.2) is 60.6 Å². The number of anilines is 1. The fourth-order valence-electron chi connectivity index (χ4n) is 6.42. The Morgan fingerprint density at radius 1 is 0.939 bits per heavy atom. The molecule has 5 rings (SSSR count). The predicted molar refractivity (Wildman–Crippen MR) is 201 cm³/mol. The molecule has 0 radical (unpaired) electrons. The van der Waals surface area contributed by atoms with Gasteiger partial charge in [-0.1, -0.05) is 54.6 Å². The van der Waals surface area contributed by atoms with E-state index in [-0.39, 0.29) is 15.6 Å². The maximum Gasteiger partial charge on any atom is 0.318 e. The van der Waals surface area contributed by atoms with Crippen molar-refractivity contribution in [2.75, 3.05) is 44.2 Å². The van der Waals surface area contributed by atoms with Crippen LogP contribution in [0.5, 0.6) is 0 Å². The van der Waals surface area contributed by atoms with Gasteiger partial charge >= 0.3 is 5.97 Å². The first-order chi connectivity index (χ1) is 23.2. The van der Waals surface area contributed by atoms with Crippen LogP contribution in [0.3, 0.4) is 0 Å². The SMILES string of the molecule is O=C(O)CN(CCc1ccc(Cl)cc1)S(=O)(=O)c1cnc(N2CCC(CCCC3CCN(S(=O)(=O)c4cc(Br)c(Cl)s4)CC3)CC2)c(Br)c1. The first-order valence-corrected chi connectivity index (χ1v) is 22.1. The first kappa shape index (κ1) is 38.9. The van der Waals surface area contributed by atoms with Gasteiger partial charge in [-0.25, -0.2) is 21.8 Å². The average molecular weight is 902 g/mol. The molecule has 17 heteroatoms. The lowest BCUT2D eigenvalue weighted by Crippen LogP contribution is -2.38. The minimum absolute atomic E-state index is 0.00608. The summed E-state index contributed by atoms with van der Waals surface area (Å²) in [5.74, 6) is 0.533. The maximum absolute atomic E-state index is 13.5. The number of pyridine rings is 1. The van der Waals surface area contributed by atoms with Gasteiger partial charge in [-0.2, -0.15) is 8.61 Å². The van der Waals surface area contributed by atoms with Crippen LogP contribution in [0.2, 0.25) is 9.36 Å². The molecule has 1 N–H and O–H groups in total. The van der Waals surface area contributed by atoms with Crippen molar-refractivity contribution in [2.24, 2.45) is 11.8 Å². The molecular formula is C32H38Br2Cl2N4O6S3. The fourth-order valence-corrected chi connectivity index (χ4v) is 12.6. The van der Waals surface area contributed by atoms with Gasteiger partial charge in [-0.15, -0.1) is 11.3 Å². The molecule has 4 heterocycles. The molecule has 1 aromatic carbocycles. The van der Waals surface area contributed by atoms with Gasteiger partial charge in [-0.05, 0) is 106 Å². The lowest BCUT2D eigenvalue weighted by molar-refractivity contribution is -0.137. The van der Waals surface area contributed by atoms with E-state index in [1.807, 2.05) is 0 Å². The number of thiophene rings is 1. The summed E-state index contributed by atoms with van der Waals surface area (Å²) in [4.78, 5) is 18.2. The van der Waals surface area contributed by atoms with E-state index in [4.69, 9.17) is 23.2 Å². The van der Waals surface area contributed by atoms with Crippen molar-refractivity contribution in [1.29, 1.82) is 0 Å². The van der Waals surface area contributed by atoms with Gasteiger partial charge in [0.15, 0.2) is 0 Å². The normalized spacial score (nSPS) is 17.2. The zero-order valence-corrected chi connectivity index (χ0v) is 33.7. The minimum atomic E-state index is -4.12. The highest BCUT2D eigenvalue weighted by Gasteiger charge is 2.32. The molecule has 2 aliphatic rings. The van der Waals surface area contributed by atoms with Crippen LogP contribution in [0.4, 0.5) is 5.82 Å². The van der Waals surface area contributed by atoms with E-state index in [1.165, 1.54) is 12.3 Å². The summed E-state index contributed by atoms with van der Waals surface area (Å²) in [5, 5.41) is 10.0.